The lowest BCUT2D eigenvalue weighted by Gasteiger charge is -2.45. The summed E-state index contributed by atoms with van der Waals surface area (Å²) < 4.78 is 68.2. The molecule has 1 aromatic carbocycles. The van der Waals surface area contributed by atoms with Crippen molar-refractivity contribution >= 4 is 29.1 Å². The Morgan fingerprint density at radius 2 is 1.81 bits per heavy atom. The summed E-state index contributed by atoms with van der Waals surface area (Å²) in [5.41, 5.74) is -2.35. The number of benzene rings is 1. The van der Waals surface area contributed by atoms with Crippen LogP contribution in [0.15, 0.2) is 24.3 Å². The van der Waals surface area contributed by atoms with Crippen molar-refractivity contribution in [3.63, 3.8) is 0 Å². The van der Waals surface area contributed by atoms with Crippen LogP contribution in [0, 0.1) is 11.2 Å². The Kier molecular flexibility index (Phi) is 6.48. The van der Waals surface area contributed by atoms with E-state index >= 15 is 0 Å². The van der Waals surface area contributed by atoms with E-state index in [1.807, 2.05) is 0 Å². The molecule has 2 amide bonds. The third-order valence-corrected chi connectivity index (χ3v) is 6.63. The first-order chi connectivity index (χ1) is 16.9. The Hall–Kier alpha value is -3.57. The lowest BCUT2D eigenvalue weighted by Crippen LogP contribution is -2.55. The van der Waals surface area contributed by atoms with Crippen molar-refractivity contribution in [3.05, 3.63) is 52.6 Å². The number of amides is 2. The van der Waals surface area contributed by atoms with Crippen LogP contribution in [0.25, 0.3) is 0 Å². The highest BCUT2D eigenvalue weighted by Gasteiger charge is 2.61. The zero-order chi connectivity index (χ0) is 26.4. The van der Waals surface area contributed by atoms with Crippen LogP contribution in [-0.4, -0.2) is 40.9 Å². The van der Waals surface area contributed by atoms with Crippen molar-refractivity contribution in [2.24, 2.45) is 5.41 Å². The van der Waals surface area contributed by atoms with Crippen LogP contribution in [0.2, 0.25) is 0 Å². The zero-order valence-corrected chi connectivity index (χ0v) is 19.1. The van der Waals surface area contributed by atoms with Gasteiger partial charge in [0.2, 0.25) is 23.4 Å². The summed E-state index contributed by atoms with van der Waals surface area (Å²) in [5.74, 6) is -7.78. The molecule has 0 radical (unpaired) electrons. The van der Waals surface area contributed by atoms with E-state index in [0.29, 0.717) is 25.1 Å². The van der Waals surface area contributed by atoms with Crippen LogP contribution in [0.4, 0.5) is 27.6 Å². The number of rotatable bonds is 8. The molecule has 36 heavy (non-hydrogen) atoms. The first kappa shape index (κ1) is 25.5. The SMILES string of the molecule is CNC(=O)C1(CC(=O)C(=O)c2cc(C(=O)Nc3ccc(F)c(C(F)F)c3)n3c2CCC3)CC(F)(F)C1. The van der Waals surface area contributed by atoms with Crippen molar-refractivity contribution in [2.45, 2.75) is 51.0 Å². The van der Waals surface area contributed by atoms with E-state index in [0.717, 1.165) is 18.2 Å². The second-order valence-corrected chi connectivity index (χ2v) is 9.13. The third kappa shape index (κ3) is 4.51. The van der Waals surface area contributed by atoms with Gasteiger partial charge >= 0.3 is 0 Å². The maximum atomic E-state index is 13.6. The van der Waals surface area contributed by atoms with Gasteiger partial charge in [-0.1, -0.05) is 0 Å². The van der Waals surface area contributed by atoms with Crippen molar-refractivity contribution in [3.8, 4) is 0 Å². The molecular weight excluding hydrogens is 489 g/mol. The Morgan fingerprint density at radius 3 is 2.42 bits per heavy atom. The van der Waals surface area contributed by atoms with E-state index in [-0.39, 0.29) is 16.9 Å². The number of ketones is 2. The minimum atomic E-state index is -3.11. The quantitative estimate of drug-likeness (QED) is 0.317. The Bertz CT molecular complexity index is 1260. The van der Waals surface area contributed by atoms with Gasteiger partial charge in [-0.2, -0.15) is 0 Å². The number of Topliss-reactive ketones (excluding diaryl/α,β-unsaturated/α-hetero) is 2. The maximum absolute atomic E-state index is 13.6. The maximum Gasteiger partial charge on any atom is 0.272 e. The predicted octanol–water partition coefficient (Wildman–Crippen LogP) is 4.07. The normalized spacial score (nSPS) is 17.3. The molecule has 1 aliphatic carbocycles. The van der Waals surface area contributed by atoms with Gasteiger partial charge in [-0.05, 0) is 37.1 Å². The number of alkyl halides is 4. The lowest BCUT2D eigenvalue weighted by molar-refractivity contribution is -0.181. The zero-order valence-electron chi connectivity index (χ0n) is 19.1. The number of hydrogen-bond acceptors (Lipinski definition) is 4. The van der Waals surface area contributed by atoms with Gasteiger partial charge in [-0.15, -0.1) is 0 Å². The van der Waals surface area contributed by atoms with Crippen molar-refractivity contribution in [1.82, 2.24) is 9.88 Å². The van der Waals surface area contributed by atoms with Crippen LogP contribution in [-0.2, 0) is 22.6 Å². The fraction of sp³-hybridized carbons (Fsp3) is 0.417. The van der Waals surface area contributed by atoms with Crippen molar-refractivity contribution < 1.29 is 41.1 Å². The number of hydrogen-bond donors (Lipinski definition) is 2. The first-order valence-electron chi connectivity index (χ1n) is 11.2. The van der Waals surface area contributed by atoms with Crippen LogP contribution >= 0.6 is 0 Å². The number of nitrogens with one attached hydrogen (secondary N) is 2. The number of carbonyl (C=O) groups excluding carboxylic acids is 4. The van der Waals surface area contributed by atoms with Crippen LogP contribution in [0.1, 0.15) is 64.2 Å². The summed E-state index contributed by atoms with van der Waals surface area (Å²) in [4.78, 5) is 50.9. The lowest BCUT2D eigenvalue weighted by atomic mass is 9.62. The van der Waals surface area contributed by atoms with E-state index < -0.39 is 71.8 Å². The molecule has 7 nitrogen and oxygen atoms in total. The van der Waals surface area contributed by atoms with E-state index in [4.69, 9.17) is 0 Å². The number of halogens is 5. The molecule has 0 bridgehead atoms. The molecule has 0 spiro atoms. The second kappa shape index (κ2) is 9.14. The molecule has 0 atom stereocenters. The van der Waals surface area contributed by atoms with Crippen LogP contribution in [0.5, 0.6) is 0 Å². The van der Waals surface area contributed by atoms with Gasteiger partial charge in [0.1, 0.15) is 11.5 Å². The standard InChI is InChI=1S/C24H22F5N3O4/c1-30-22(36)23(10-24(28,29)11-23)9-18(33)19(34)14-8-17(32-6-2-3-16(14)32)21(35)31-12-4-5-15(25)13(7-12)20(26)27/h4-5,7-8,20H,2-3,6,9-11H2,1H3,(H,30,36)(H,31,35). The second-order valence-electron chi connectivity index (χ2n) is 9.13. The minimum Gasteiger partial charge on any atom is -0.359 e. The summed E-state index contributed by atoms with van der Waals surface area (Å²) in [6.07, 6.45) is -4.56. The number of fused-ring (bicyclic) bond motifs is 1. The molecule has 2 aromatic rings. The Morgan fingerprint density at radius 1 is 1.11 bits per heavy atom. The highest BCUT2D eigenvalue weighted by atomic mass is 19.3. The minimum absolute atomic E-state index is 0.0160. The fourth-order valence-electron chi connectivity index (χ4n) is 4.99. The third-order valence-electron chi connectivity index (χ3n) is 6.63. The molecular formula is C24H22F5N3O4. The smallest absolute Gasteiger partial charge is 0.272 e. The van der Waals surface area contributed by atoms with Gasteiger partial charge in [-0.3, -0.25) is 19.2 Å². The monoisotopic (exact) mass is 511 g/mol. The molecule has 12 heteroatoms. The summed E-state index contributed by atoms with van der Waals surface area (Å²) in [6, 6.07) is 3.88. The molecule has 1 aromatic heterocycles. The molecule has 1 saturated carbocycles. The van der Waals surface area contributed by atoms with Crippen LogP contribution in [0.3, 0.4) is 0 Å². The molecule has 0 saturated heterocycles. The highest BCUT2D eigenvalue weighted by molar-refractivity contribution is 6.44. The fourth-order valence-corrected chi connectivity index (χ4v) is 4.99. The molecule has 2 heterocycles. The van der Waals surface area contributed by atoms with Gasteiger partial charge < -0.3 is 15.2 Å². The number of nitrogens with zero attached hydrogens (tertiary/aromatic N) is 1. The average molecular weight is 511 g/mol. The first-order valence-corrected chi connectivity index (χ1v) is 11.2. The van der Waals surface area contributed by atoms with Gasteiger partial charge in [0, 0.05) is 49.8 Å². The molecule has 2 aliphatic rings. The van der Waals surface area contributed by atoms with Crippen molar-refractivity contribution in [2.75, 3.05) is 12.4 Å². The van der Waals surface area contributed by atoms with Gasteiger partial charge in [0.25, 0.3) is 12.3 Å². The van der Waals surface area contributed by atoms with Crippen LogP contribution < -0.4 is 10.6 Å². The molecule has 2 N–H and O–H groups in total. The van der Waals surface area contributed by atoms with E-state index in [1.54, 1.807) is 0 Å². The topological polar surface area (TPSA) is 97.3 Å². The molecule has 1 fully saturated rings. The Labute approximate surface area is 202 Å². The molecule has 4 rings (SSSR count). The van der Waals surface area contributed by atoms with Crippen molar-refractivity contribution in [1.29, 1.82) is 0 Å². The summed E-state index contributed by atoms with van der Waals surface area (Å²) >= 11 is 0. The number of carbonyl (C=O) groups is 4. The summed E-state index contributed by atoms with van der Waals surface area (Å²) in [7, 11) is 1.25. The van der Waals surface area contributed by atoms with Gasteiger partial charge in [0.05, 0.1) is 11.0 Å². The summed E-state index contributed by atoms with van der Waals surface area (Å²) in [6.45, 7) is 0.347. The predicted molar refractivity (Wildman–Crippen MR) is 117 cm³/mol. The van der Waals surface area contributed by atoms with E-state index in [9.17, 15) is 41.1 Å². The van der Waals surface area contributed by atoms with Gasteiger partial charge in [-0.25, -0.2) is 22.0 Å². The number of anilines is 1. The largest absolute Gasteiger partial charge is 0.359 e. The summed E-state index contributed by atoms with van der Waals surface area (Å²) in [5, 5.41) is 4.65. The molecule has 192 valence electrons. The van der Waals surface area contributed by atoms with E-state index in [2.05, 4.69) is 10.6 Å². The molecule has 1 aliphatic heterocycles. The number of aromatic nitrogens is 1. The molecule has 0 unspecified atom stereocenters. The van der Waals surface area contributed by atoms with E-state index in [1.165, 1.54) is 17.7 Å². The average Bonchev–Trinajstić information content (AvgIpc) is 3.40. The Balaban J connectivity index is 1.57. The van der Waals surface area contributed by atoms with Gasteiger partial charge in [0.15, 0.2) is 0 Å². The highest BCUT2D eigenvalue weighted by Crippen LogP contribution is 2.54.